The number of aryl methyl sites for hydroxylation is 1. The number of imidazole rings is 1. The number of methoxy groups -OCH3 is 1. The summed E-state index contributed by atoms with van der Waals surface area (Å²) in [5.41, 5.74) is 9.45. The van der Waals surface area contributed by atoms with Crippen molar-refractivity contribution in [3.63, 3.8) is 0 Å². The molecule has 218 valence electrons. The lowest BCUT2D eigenvalue weighted by atomic mass is 9.88. The summed E-state index contributed by atoms with van der Waals surface area (Å²) in [7, 11) is 0.311. The zero-order valence-corrected chi connectivity index (χ0v) is 26.6. The second-order valence-electron chi connectivity index (χ2n) is 12.9. The van der Waals surface area contributed by atoms with Gasteiger partial charge in [0.15, 0.2) is 0 Å². The highest BCUT2D eigenvalue weighted by atomic mass is 28.3. The molecule has 4 aromatic rings. The number of fused-ring (bicyclic) bond motifs is 2. The Morgan fingerprint density at radius 1 is 1.10 bits per heavy atom. The van der Waals surface area contributed by atoms with E-state index in [0.29, 0.717) is 46.0 Å². The van der Waals surface area contributed by atoms with Gasteiger partial charge in [0, 0.05) is 31.3 Å². The van der Waals surface area contributed by atoms with E-state index in [0.717, 1.165) is 16.9 Å². The van der Waals surface area contributed by atoms with Crippen molar-refractivity contribution in [3.8, 4) is 11.8 Å². The number of hydrogen-bond acceptors (Lipinski definition) is 7. The molecule has 0 aliphatic rings. The Kier molecular flexibility index (Phi) is 8.11. The van der Waals surface area contributed by atoms with Crippen molar-refractivity contribution in [2.24, 2.45) is 5.73 Å². The van der Waals surface area contributed by atoms with Crippen molar-refractivity contribution in [2.75, 3.05) is 13.7 Å². The number of rotatable bonds is 8. The molecule has 0 fully saturated rings. The maximum Gasteiger partial charge on any atom is 0.419 e. The Labute approximate surface area is 242 Å². The van der Waals surface area contributed by atoms with E-state index in [4.69, 9.17) is 24.9 Å². The van der Waals surface area contributed by atoms with E-state index in [1.807, 2.05) is 63.5 Å². The van der Waals surface area contributed by atoms with Gasteiger partial charge in [-0.2, -0.15) is 5.26 Å². The number of hydrogen-bond donors (Lipinski definition) is 1. The standard InChI is InChI=1S/C31H41N5O4Si/c1-20-16-22-24(36(20)29(37)40-30(2,3)4)12-13-26(38-6)27(22)31(5,33)28-34-23-17-21(18-32)10-11-25(23)35(28)19-39-14-15-41(7,8)9/h10-13,16-17H,14-15,19,33H2,1-9H3. The van der Waals surface area contributed by atoms with Crippen molar-refractivity contribution < 1.29 is 19.0 Å². The van der Waals surface area contributed by atoms with E-state index in [-0.39, 0.29) is 6.73 Å². The number of aromatic nitrogens is 3. The maximum absolute atomic E-state index is 13.2. The second kappa shape index (κ2) is 11.0. The van der Waals surface area contributed by atoms with Gasteiger partial charge in [-0.3, -0.25) is 0 Å². The van der Waals surface area contributed by atoms with Crippen LogP contribution < -0.4 is 10.5 Å². The first kappa shape index (κ1) is 30.3. The van der Waals surface area contributed by atoms with Crippen LogP contribution >= 0.6 is 0 Å². The molecule has 0 spiro atoms. The van der Waals surface area contributed by atoms with Crippen LogP contribution in [0.5, 0.6) is 5.75 Å². The molecule has 0 amide bonds. The molecule has 9 nitrogen and oxygen atoms in total. The van der Waals surface area contributed by atoms with Crippen LogP contribution in [0.25, 0.3) is 21.9 Å². The van der Waals surface area contributed by atoms with Crippen LogP contribution in [-0.2, 0) is 21.7 Å². The number of ether oxygens (including phenoxy) is 3. The average Bonchev–Trinajstić information content (AvgIpc) is 3.40. The number of nitriles is 1. The summed E-state index contributed by atoms with van der Waals surface area (Å²) < 4.78 is 21.2. The number of nitrogens with two attached hydrogens (primary N) is 1. The summed E-state index contributed by atoms with van der Waals surface area (Å²) in [6.07, 6.45) is -0.466. The predicted octanol–water partition coefficient (Wildman–Crippen LogP) is 6.50. The fraction of sp³-hybridized carbons (Fsp3) is 0.452. The fourth-order valence-electron chi connectivity index (χ4n) is 5.02. The second-order valence-corrected chi connectivity index (χ2v) is 18.5. The minimum absolute atomic E-state index is 0.255. The Balaban J connectivity index is 1.91. The summed E-state index contributed by atoms with van der Waals surface area (Å²) in [6.45, 7) is 17.1. The first-order valence-electron chi connectivity index (χ1n) is 13.8. The molecule has 2 N–H and O–H groups in total. The van der Waals surface area contributed by atoms with Crippen LogP contribution in [0.1, 0.15) is 50.3 Å². The molecular weight excluding hydrogens is 534 g/mol. The minimum atomic E-state index is -1.29. The Morgan fingerprint density at radius 3 is 2.39 bits per heavy atom. The Hall–Kier alpha value is -3.65. The lowest BCUT2D eigenvalue weighted by molar-refractivity contribution is 0.0541. The van der Waals surface area contributed by atoms with E-state index < -0.39 is 25.3 Å². The third-order valence-corrected chi connectivity index (χ3v) is 8.71. The van der Waals surface area contributed by atoms with Crippen molar-refractivity contribution in [3.05, 3.63) is 59.0 Å². The molecule has 0 saturated carbocycles. The zero-order chi connectivity index (χ0) is 30.3. The van der Waals surface area contributed by atoms with Crippen LogP contribution in [0, 0.1) is 18.3 Å². The van der Waals surface area contributed by atoms with Gasteiger partial charge in [-0.25, -0.2) is 14.3 Å². The van der Waals surface area contributed by atoms with E-state index >= 15 is 0 Å². The lowest BCUT2D eigenvalue weighted by Crippen LogP contribution is -2.38. The number of carbonyl (C=O) groups is 1. The highest BCUT2D eigenvalue weighted by Crippen LogP contribution is 2.41. The topological polar surface area (TPSA) is 117 Å². The van der Waals surface area contributed by atoms with Gasteiger partial charge in [-0.05, 0) is 77.1 Å². The van der Waals surface area contributed by atoms with Gasteiger partial charge in [0.05, 0.1) is 35.3 Å². The van der Waals surface area contributed by atoms with Gasteiger partial charge >= 0.3 is 6.09 Å². The van der Waals surface area contributed by atoms with Crippen molar-refractivity contribution >= 4 is 36.1 Å². The fourth-order valence-corrected chi connectivity index (χ4v) is 5.78. The van der Waals surface area contributed by atoms with Crippen molar-refractivity contribution in [2.45, 2.75) is 78.2 Å². The molecule has 41 heavy (non-hydrogen) atoms. The number of benzene rings is 2. The van der Waals surface area contributed by atoms with Gasteiger partial charge in [0.1, 0.15) is 29.4 Å². The molecule has 10 heteroatoms. The summed E-state index contributed by atoms with van der Waals surface area (Å²) >= 11 is 0. The molecule has 0 aliphatic heterocycles. The van der Waals surface area contributed by atoms with E-state index in [1.54, 1.807) is 23.8 Å². The van der Waals surface area contributed by atoms with Crippen LogP contribution in [0.4, 0.5) is 4.79 Å². The normalized spacial score (nSPS) is 13.8. The van der Waals surface area contributed by atoms with Gasteiger partial charge < -0.3 is 24.5 Å². The molecule has 0 aliphatic carbocycles. The molecule has 2 aromatic carbocycles. The van der Waals surface area contributed by atoms with Crippen LogP contribution in [0.2, 0.25) is 25.7 Å². The summed E-state index contributed by atoms with van der Waals surface area (Å²) in [4.78, 5) is 18.2. The smallest absolute Gasteiger partial charge is 0.419 e. The largest absolute Gasteiger partial charge is 0.496 e. The highest BCUT2D eigenvalue weighted by molar-refractivity contribution is 6.76. The Morgan fingerprint density at radius 2 is 1.78 bits per heavy atom. The molecule has 4 rings (SSSR count). The molecule has 0 saturated heterocycles. The molecule has 0 bridgehead atoms. The number of carbonyl (C=O) groups excluding carboxylic acids is 1. The SMILES string of the molecule is COc1ccc2c(cc(C)n2C(=O)OC(C)(C)C)c1C(C)(N)c1nc2cc(C#N)ccc2n1COCC[Si](C)(C)C. The Bertz CT molecular complexity index is 1650. The van der Waals surface area contributed by atoms with Gasteiger partial charge in [0.2, 0.25) is 0 Å². The van der Waals surface area contributed by atoms with Crippen LogP contribution in [0.3, 0.4) is 0 Å². The highest BCUT2D eigenvalue weighted by Gasteiger charge is 2.36. The lowest BCUT2D eigenvalue weighted by Gasteiger charge is -2.28. The van der Waals surface area contributed by atoms with Crippen molar-refractivity contribution in [1.82, 2.24) is 14.1 Å². The van der Waals surface area contributed by atoms with Crippen LogP contribution in [0.15, 0.2) is 36.4 Å². The molecule has 2 aromatic heterocycles. The molecular formula is C31H41N5O4Si. The monoisotopic (exact) mass is 575 g/mol. The molecule has 0 radical (unpaired) electrons. The number of nitrogens with zero attached hydrogens (tertiary/aromatic N) is 4. The minimum Gasteiger partial charge on any atom is -0.496 e. The predicted molar refractivity (Wildman–Crippen MR) is 164 cm³/mol. The van der Waals surface area contributed by atoms with E-state index in [1.165, 1.54) is 0 Å². The first-order chi connectivity index (χ1) is 19.1. The van der Waals surface area contributed by atoms with E-state index in [9.17, 15) is 10.1 Å². The maximum atomic E-state index is 13.2. The summed E-state index contributed by atoms with van der Waals surface area (Å²) in [5.74, 6) is 1.13. The third kappa shape index (κ3) is 6.17. The third-order valence-electron chi connectivity index (χ3n) is 7.01. The van der Waals surface area contributed by atoms with E-state index in [2.05, 4.69) is 25.7 Å². The summed E-state index contributed by atoms with van der Waals surface area (Å²) in [5, 5.41) is 10.3. The van der Waals surface area contributed by atoms with Gasteiger partial charge in [-0.15, -0.1) is 0 Å². The molecule has 1 unspecified atom stereocenters. The first-order valence-corrected chi connectivity index (χ1v) is 17.5. The van der Waals surface area contributed by atoms with Crippen LogP contribution in [-0.4, -0.2) is 47.6 Å². The summed E-state index contributed by atoms with van der Waals surface area (Å²) in [6, 6.07) is 14.2. The average molecular weight is 576 g/mol. The zero-order valence-electron chi connectivity index (χ0n) is 25.6. The molecule has 2 heterocycles. The van der Waals surface area contributed by atoms with Gasteiger partial charge in [0.25, 0.3) is 0 Å². The quantitative estimate of drug-likeness (QED) is 0.188. The van der Waals surface area contributed by atoms with Crippen molar-refractivity contribution in [1.29, 1.82) is 5.26 Å². The van der Waals surface area contributed by atoms with Gasteiger partial charge in [-0.1, -0.05) is 19.6 Å². The molecule has 1 atom stereocenters.